The monoisotopic (exact) mass is 255 g/mol. The number of rotatable bonds is 1. The van der Waals surface area contributed by atoms with Gasteiger partial charge in [0.1, 0.15) is 6.20 Å². The van der Waals surface area contributed by atoms with Crippen LogP contribution in [-0.2, 0) is 6.18 Å². The molecule has 1 aromatic carbocycles. The van der Waals surface area contributed by atoms with Crippen molar-refractivity contribution >= 4 is 0 Å². The molecule has 1 heterocycles. The third kappa shape index (κ3) is 2.27. The molecule has 0 radical (unpaired) electrons. The summed E-state index contributed by atoms with van der Waals surface area (Å²) in [6, 6.07) is 6.06. The Balaban J connectivity index is 2.44. The summed E-state index contributed by atoms with van der Waals surface area (Å²) in [6.45, 7) is 1.66. The SMILES string of the molecule is Cc1ccnc(-c2ccc(C(F)(F)F)cc2)[n+]1O. The molecule has 0 aliphatic heterocycles. The first-order valence-electron chi connectivity index (χ1n) is 5.14. The summed E-state index contributed by atoms with van der Waals surface area (Å²) in [5.41, 5.74) is 0.220. The molecule has 0 aliphatic carbocycles. The molecule has 2 rings (SSSR count). The predicted molar refractivity (Wildman–Crippen MR) is 56.8 cm³/mol. The molecule has 0 atom stereocenters. The molecular formula is C12H10F3N2O+. The zero-order valence-electron chi connectivity index (χ0n) is 9.44. The van der Waals surface area contributed by atoms with Gasteiger partial charge in [-0.3, -0.25) is 0 Å². The quantitative estimate of drug-likeness (QED) is 0.628. The second-order valence-electron chi connectivity index (χ2n) is 3.80. The summed E-state index contributed by atoms with van der Waals surface area (Å²) < 4.78 is 38.0. The Kier molecular flexibility index (Phi) is 2.94. The van der Waals surface area contributed by atoms with Crippen molar-refractivity contribution in [1.82, 2.24) is 4.98 Å². The zero-order valence-corrected chi connectivity index (χ0v) is 9.44. The highest BCUT2D eigenvalue weighted by Gasteiger charge is 2.30. The van der Waals surface area contributed by atoms with Gasteiger partial charge in [0, 0.05) is 13.0 Å². The van der Waals surface area contributed by atoms with Gasteiger partial charge in [-0.15, -0.1) is 0 Å². The Morgan fingerprint density at radius 2 is 1.72 bits per heavy atom. The summed E-state index contributed by atoms with van der Waals surface area (Å²) in [7, 11) is 0. The van der Waals surface area contributed by atoms with Crippen LogP contribution in [0.1, 0.15) is 11.3 Å². The van der Waals surface area contributed by atoms with Crippen LogP contribution in [0.4, 0.5) is 13.2 Å². The molecule has 18 heavy (non-hydrogen) atoms. The molecule has 94 valence electrons. The Morgan fingerprint density at radius 3 is 2.28 bits per heavy atom. The molecule has 1 aromatic heterocycles. The van der Waals surface area contributed by atoms with Crippen molar-refractivity contribution in [2.45, 2.75) is 13.1 Å². The van der Waals surface area contributed by atoms with Gasteiger partial charge in [-0.1, -0.05) is 0 Å². The molecule has 3 nitrogen and oxygen atoms in total. The van der Waals surface area contributed by atoms with Gasteiger partial charge in [-0.05, 0) is 34.0 Å². The summed E-state index contributed by atoms with van der Waals surface area (Å²) in [5.74, 6) is 0.198. The van der Waals surface area contributed by atoms with E-state index >= 15 is 0 Å². The van der Waals surface area contributed by atoms with Crippen molar-refractivity contribution in [3.63, 3.8) is 0 Å². The maximum Gasteiger partial charge on any atom is 0.416 e. The lowest BCUT2D eigenvalue weighted by atomic mass is 10.1. The molecular weight excluding hydrogens is 245 g/mol. The number of hydrogen-bond acceptors (Lipinski definition) is 2. The van der Waals surface area contributed by atoms with Crippen LogP contribution < -0.4 is 4.73 Å². The maximum absolute atomic E-state index is 12.4. The maximum atomic E-state index is 12.4. The fourth-order valence-corrected chi connectivity index (χ4v) is 1.51. The Hall–Kier alpha value is -2.11. The standard InChI is InChI=1S/C12H10F3N2O/c1-8-6-7-16-11(17(8)18)9-2-4-10(5-3-9)12(13,14)15/h2-7,18H,1H3/q+1. The molecule has 0 bridgehead atoms. The molecule has 0 saturated carbocycles. The average molecular weight is 255 g/mol. The van der Waals surface area contributed by atoms with E-state index in [1.807, 2.05) is 0 Å². The van der Waals surface area contributed by atoms with Crippen LogP contribution in [0.5, 0.6) is 0 Å². The number of alkyl halides is 3. The Labute approximate surface area is 101 Å². The van der Waals surface area contributed by atoms with Crippen LogP contribution in [0.15, 0.2) is 36.5 Å². The van der Waals surface area contributed by atoms with Crippen LogP contribution in [0.2, 0.25) is 0 Å². The molecule has 0 saturated heterocycles. The molecule has 0 amide bonds. The number of nitrogens with zero attached hydrogens (tertiary/aromatic N) is 2. The highest BCUT2D eigenvalue weighted by atomic mass is 19.4. The first-order valence-corrected chi connectivity index (χ1v) is 5.14. The van der Waals surface area contributed by atoms with Crippen LogP contribution in [-0.4, -0.2) is 10.2 Å². The van der Waals surface area contributed by atoms with Gasteiger partial charge in [0.25, 0.3) is 0 Å². The first-order chi connectivity index (χ1) is 8.39. The van der Waals surface area contributed by atoms with E-state index in [4.69, 9.17) is 0 Å². The largest absolute Gasteiger partial charge is 0.416 e. The smallest absolute Gasteiger partial charge is 0.349 e. The van der Waals surface area contributed by atoms with E-state index in [1.54, 1.807) is 13.0 Å². The third-order valence-electron chi connectivity index (χ3n) is 2.52. The number of hydrogen-bond donors (Lipinski definition) is 1. The van der Waals surface area contributed by atoms with E-state index in [1.165, 1.54) is 18.3 Å². The topological polar surface area (TPSA) is 37.0 Å². The lowest BCUT2D eigenvalue weighted by Crippen LogP contribution is -2.37. The van der Waals surface area contributed by atoms with Gasteiger partial charge in [-0.2, -0.15) is 13.2 Å². The summed E-state index contributed by atoms with van der Waals surface area (Å²) in [5, 5.41) is 9.71. The Bertz CT molecular complexity index is 565. The molecule has 1 N–H and O–H groups in total. The van der Waals surface area contributed by atoms with Gasteiger partial charge >= 0.3 is 12.0 Å². The van der Waals surface area contributed by atoms with Gasteiger partial charge in [0.05, 0.1) is 11.1 Å². The first kappa shape index (κ1) is 12.3. The van der Waals surface area contributed by atoms with E-state index in [9.17, 15) is 18.4 Å². The van der Waals surface area contributed by atoms with Crippen molar-refractivity contribution in [2.75, 3.05) is 0 Å². The number of benzene rings is 1. The van der Waals surface area contributed by atoms with Crippen LogP contribution in [0, 0.1) is 6.92 Å². The van der Waals surface area contributed by atoms with Gasteiger partial charge in [0.15, 0.2) is 5.69 Å². The molecule has 0 unspecified atom stereocenters. The minimum Gasteiger partial charge on any atom is -0.349 e. The minimum absolute atomic E-state index is 0.198. The number of aromatic nitrogens is 2. The van der Waals surface area contributed by atoms with Crippen LogP contribution in [0.25, 0.3) is 11.4 Å². The van der Waals surface area contributed by atoms with Crippen molar-refractivity contribution < 1.29 is 23.1 Å². The fraction of sp³-hybridized carbons (Fsp3) is 0.167. The van der Waals surface area contributed by atoms with Gasteiger partial charge in [-0.25, -0.2) is 0 Å². The second-order valence-corrected chi connectivity index (χ2v) is 3.80. The lowest BCUT2D eigenvalue weighted by molar-refractivity contribution is -0.901. The zero-order chi connectivity index (χ0) is 13.3. The van der Waals surface area contributed by atoms with Gasteiger partial charge < -0.3 is 5.21 Å². The molecule has 2 aromatic rings. The van der Waals surface area contributed by atoms with E-state index < -0.39 is 11.7 Å². The fourth-order valence-electron chi connectivity index (χ4n) is 1.51. The number of halogens is 3. The van der Waals surface area contributed by atoms with E-state index in [2.05, 4.69) is 4.98 Å². The van der Waals surface area contributed by atoms with Crippen molar-refractivity contribution in [2.24, 2.45) is 0 Å². The number of aryl methyl sites for hydroxylation is 1. The lowest BCUT2D eigenvalue weighted by Gasteiger charge is -2.06. The highest BCUT2D eigenvalue weighted by Crippen LogP contribution is 2.30. The summed E-state index contributed by atoms with van der Waals surface area (Å²) >= 11 is 0. The third-order valence-corrected chi connectivity index (χ3v) is 2.52. The summed E-state index contributed by atoms with van der Waals surface area (Å²) in [4.78, 5) is 3.93. The Morgan fingerprint density at radius 1 is 1.11 bits per heavy atom. The van der Waals surface area contributed by atoms with Gasteiger partial charge in [0.2, 0.25) is 0 Å². The minimum atomic E-state index is -4.37. The molecule has 0 spiro atoms. The van der Waals surface area contributed by atoms with E-state index in [0.29, 0.717) is 11.3 Å². The van der Waals surface area contributed by atoms with Crippen molar-refractivity contribution in [3.05, 3.63) is 47.8 Å². The predicted octanol–water partition coefficient (Wildman–Crippen LogP) is 2.60. The van der Waals surface area contributed by atoms with Crippen molar-refractivity contribution in [3.8, 4) is 11.4 Å². The van der Waals surface area contributed by atoms with E-state index in [-0.39, 0.29) is 5.82 Å². The molecule has 6 heteroatoms. The van der Waals surface area contributed by atoms with Crippen molar-refractivity contribution in [1.29, 1.82) is 0 Å². The molecule has 0 fully saturated rings. The van der Waals surface area contributed by atoms with E-state index in [0.717, 1.165) is 16.9 Å². The highest BCUT2D eigenvalue weighted by molar-refractivity contribution is 5.52. The van der Waals surface area contributed by atoms with Crippen LogP contribution in [0.3, 0.4) is 0 Å². The molecule has 0 aliphatic rings. The second kappa shape index (κ2) is 4.29. The van der Waals surface area contributed by atoms with Crippen LogP contribution >= 0.6 is 0 Å². The average Bonchev–Trinajstić information content (AvgIpc) is 2.32. The summed E-state index contributed by atoms with van der Waals surface area (Å²) in [6.07, 6.45) is -2.89. The normalized spacial score (nSPS) is 11.6.